The summed E-state index contributed by atoms with van der Waals surface area (Å²) in [6, 6.07) is 0. The molecule has 0 N–H and O–H groups in total. The summed E-state index contributed by atoms with van der Waals surface area (Å²) in [7, 11) is 1.78. The summed E-state index contributed by atoms with van der Waals surface area (Å²) >= 11 is 0. The molecule has 1 aliphatic carbocycles. The quantitative estimate of drug-likeness (QED) is 0.535. The number of ether oxygens (including phenoxy) is 1. The van der Waals surface area contributed by atoms with Crippen LogP contribution in [0.5, 0.6) is 0 Å². The molecule has 0 saturated carbocycles. The van der Waals surface area contributed by atoms with Crippen LogP contribution in [0.3, 0.4) is 0 Å². The van der Waals surface area contributed by atoms with E-state index in [0.29, 0.717) is 6.10 Å². The van der Waals surface area contributed by atoms with Crippen LogP contribution >= 0.6 is 0 Å². The van der Waals surface area contributed by atoms with Gasteiger partial charge in [-0.05, 0) is 18.8 Å². The first-order chi connectivity index (χ1) is 4.86. The maximum absolute atomic E-state index is 5.24. The zero-order valence-electron chi connectivity index (χ0n) is 6.84. The van der Waals surface area contributed by atoms with Crippen LogP contribution in [-0.4, -0.2) is 13.2 Å². The van der Waals surface area contributed by atoms with Crippen molar-refractivity contribution in [2.45, 2.75) is 32.3 Å². The number of hydrogen-bond donors (Lipinski definition) is 0. The molecule has 0 aromatic rings. The lowest BCUT2D eigenvalue weighted by Gasteiger charge is -2.22. The van der Waals surface area contributed by atoms with Gasteiger partial charge in [-0.1, -0.05) is 25.5 Å². The molecule has 0 fully saturated rings. The number of methoxy groups -OCH3 is 1. The molecule has 1 rings (SSSR count). The molecule has 0 amide bonds. The van der Waals surface area contributed by atoms with Crippen molar-refractivity contribution >= 4 is 0 Å². The van der Waals surface area contributed by atoms with E-state index in [1.54, 1.807) is 7.11 Å². The van der Waals surface area contributed by atoms with Crippen molar-refractivity contribution in [3.63, 3.8) is 0 Å². The first-order valence-electron chi connectivity index (χ1n) is 4.06. The lowest BCUT2D eigenvalue weighted by atomic mass is 9.90. The molecule has 0 saturated heterocycles. The van der Waals surface area contributed by atoms with E-state index in [4.69, 9.17) is 4.74 Å². The molecule has 0 bridgehead atoms. The van der Waals surface area contributed by atoms with Crippen LogP contribution in [0.4, 0.5) is 0 Å². The van der Waals surface area contributed by atoms with Crippen molar-refractivity contribution in [3.05, 3.63) is 12.2 Å². The normalized spacial score (nSPS) is 32.6. The van der Waals surface area contributed by atoms with Gasteiger partial charge in [0.1, 0.15) is 0 Å². The zero-order chi connectivity index (χ0) is 7.40. The standard InChI is InChI=1S/C9H16O/c1-3-8-5-4-6-9(7-8)10-2/h4,6,8-9H,3,5,7H2,1-2H3/t8-,9+/m1/s1. The van der Waals surface area contributed by atoms with Gasteiger partial charge in [-0.2, -0.15) is 0 Å². The monoisotopic (exact) mass is 140 g/mol. The van der Waals surface area contributed by atoms with Crippen LogP contribution < -0.4 is 0 Å². The minimum absolute atomic E-state index is 0.388. The summed E-state index contributed by atoms with van der Waals surface area (Å²) in [5, 5.41) is 0. The van der Waals surface area contributed by atoms with E-state index in [1.165, 1.54) is 19.3 Å². The highest BCUT2D eigenvalue weighted by Crippen LogP contribution is 2.22. The van der Waals surface area contributed by atoms with Gasteiger partial charge in [-0.25, -0.2) is 0 Å². The highest BCUT2D eigenvalue weighted by atomic mass is 16.5. The summed E-state index contributed by atoms with van der Waals surface area (Å²) in [6.07, 6.45) is 8.54. The van der Waals surface area contributed by atoms with Gasteiger partial charge in [0, 0.05) is 7.11 Å². The molecule has 0 aromatic heterocycles. The molecule has 0 aliphatic heterocycles. The van der Waals surface area contributed by atoms with Crippen LogP contribution in [0.15, 0.2) is 12.2 Å². The predicted octanol–water partition coefficient (Wildman–Crippen LogP) is 2.38. The lowest BCUT2D eigenvalue weighted by Crippen LogP contribution is -2.16. The van der Waals surface area contributed by atoms with Crippen LogP contribution in [-0.2, 0) is 4.74 Å². The first kappa shape index (κ1) is 7.80. The van der Waals surface area contributed by atoms with E-state index in [1.807, 2.05) is 0 Å². The molecular formula is C9H16O. The molecule has 1 heteroatoms. The second-order valence-corrected chi connectivity index (χ2v) is 2.95. The van der Waals surface area contributed by atoms with E-state index >= 15 is 0 Å². The highest BCUT2D eigenvalue weighted by molar-refractivity contribution is 4.96. The largest absolute Gasteiger partial charge is 0.377 e. The SMILES string of the molecule is CC[C@@H]1CC=C[C@H](OC)C1. The summed E-state index contributed by atoms with van der Waals surface area (Å²) < 4.78 is 5.24. The first-order valence-corrected chi connectivity index (χ1v) is 4.06. The van der Waals surface area contributed by atoms with E-state index in [9.17, 15) is 0 Å². The third-order valence-corrected chi connectivity index (χ3v) is 2.27. The van der Waals surface area contributed by atoms with Crippen LogP contribution in [0.1, 0.15) is 26.2 Å². The average Bonchev–Trinajstić information content (AvgIpc) is 2.05. The second-order valence-electron chi connectivity index (χ2n) is 2.95. The third kappa shape index (κ3) is 1.84. The van der Waals surface area contributed by atoms with E-state index in [-0.39, 0.29) is 0 Å². The Hall–Kier alpha value is -0.300. The van der Waals surface area contributed by atoms with Crippen molar-refractivity contribution in [1.29, 1.82) is 0 Å². The second kappa shape index (κ2) is 3.77. The maximum atomic E-state index is 5.24. The highest BCUT2D eigenvalue weighted by Gasteiger charge is 2.14. The Morgan fingerprint density at radius 3 is 3.00 bits per heavy atom. The lowest BCUT2D eigenvalue weighted by molar-refractivity contribution is 0.111. The van der Waals surface area contributed by atoms with Gasteiger partial charge in [-0.15, -0.1) is 0 Å². The Morgan fingerprint density at radius 2 is 2.40 bits per heavy atom. The Kier molecular flexibility index (Phi) is 2.94. The fraction of sp³-hybridized carbons (Fsp3) is 0.778. The van der Waals surface area contributed by atoms with Crippen molar-refractivity contribution in [2.24, 2.45) is 5.92 Å². The van der Waals surface area contributed by atoms with E-state index in [2.05, 4.69) is 19.1 Å². The Labute approximate surface area is 63.1 Å². The van der Waals surface area contributed by atoms with Gasteiger partial charge in [-0.3, -0.25) is 0 Å². The van der Waals surface area contributed by atoms with Crippen molar-refractivity contribution < 1.29 is 4.74 Å². The van der Waals surface area contributed by atoms with Gasteiger partial charge >= 0.3 is 0 Å². The van der Waals surface area contributed by atoms with Gasteiger partial charge in [0.2, 0.25) is 0 Å². The summed E-state index contributed by atoms with van der Waals surface area (Å²) in [4.78, 5) is 0. The predicted molar refractivity (Wildman–Crippen MR) is 43.0 cm³/mol. The van der Waals surface area contributed by atoms with Gasteiger partial charge in [0.15, 0.2) is 0 Å². The van der Waals surface area contributed by atoms with Crippen molar-refractivity contribution in [3.8, 4) is 0 Å². The molecule has 10 heavy (non-hydrogen) atoms. The number of hydrogen-bond acceptors (Lipinski definition) is 1. The summed E-state index contributed by atoms with van der Waals surface area (Å²) in [6.45, 7) is 2.25. The van der Waals surface area contributed by atoms with E-state index < -0.39 is 0 Å². The number of allylic oxidation sites excluding steroid dienone is 1. The fourth-order valence-electron chi connectivity index (χ4n) is 1.43. The van der Waals surface area contributed by atoms with Gasteiger partial charge in [0.05, 0.1) is 6.10 Å². The van der Waals surface area contributed by atoms with Crippen molar-refractivity contribution in [1.82, 2.24) is 0 Å². The molecule has 0 radical (unpaired) electrons. The Morgan fingerprint density at radius 1 is 1.60 bits per heavy atom. The Bertz CT molecular complexity index is 118. The van der Waals surface area contributed by atoms with Gasteiger partial charge in [0.25, 0.3) is 0 Å². The molecule has 58 valence electrons. The van der Waals surface area contributed by atoms with E-state index in [0.717, 1.165) is 5.92 Å². The zero-order valence-corrected chi connectivity index (χ0v) is 6.84. The Balaban J connectivity index is 2.38. The maximum Gasteiger partial charge on any atom is 0.0754 e. The molecule has 0 spiro atoms. The summed E-state index contributed by atoms with van der Waals surface area (Å²) in [5.74, 6) is 0.856. The average molecular weight is 140 g/mol. The topological polar surface area (TPSA) is 9.23 Å². The minimum Gasteiger partial charge on any atom is -0.377 e. The molecule has 0 heterocycles. The molecule has 0 aromatic carbocycles. The fourth-order valence-corrected chi connectivity index (χ4v) is 1.43. The van der Waals surface area contributed by atoms with Crippen LogP contribution in [0.2, 0.25) is 0 Å². The van der Waals surface area contributed by atoms with Crippen LogP contribution in [0.25, 0.3) is 0 Å². The molecule has 1 nitrogen and oxygen atoms in total. The third-order valence-electron chi connectivity index (χ3n) is 2.27. The molecule has 2 atom stereocenters. The number of rotatable bonds is 2. The van der Waals surface area contributed by atoms with Crippen molar-refractivity contribution in [2.75, 3.05) is 7.11 Å². The molecule has 1 aliphatic rings. The minimum atomic E-state index is 0.388. The van der Waals surface area contributed by atoms with Gasteiger partial charge < -0.3 is 4.74 Å². The molecule has 0 unspecified atom stereocenters. The molecular weight excluding hydrogens is 124 g/mol. The van der Waals surface area contributed by atoms with Crippen LogP contribution in [0, 0.1) is 5.92 Å². The summed E-state index contributed by atoms with van der Waals surface area (Å²) in [5.41, 5.74) is 0. The smallest absolute Gasteiger partial charge is 0.0754 e.